The number of nitrogens with zero attached hydrogens (tertiary/aromatic N) is 3. The standard InChI is InChI=1S/C10H14ClN3O/c1-8-9(6-11)12-7-13-10(8)14-2-4-15-5-3-14/h7H,2-6H2,1H3. The molecule has 15 heavy (non-hydrogen) atoms. The number of anilines is 1. The quantitative estimate of drug-likeness (QED) is 0.716. The predicted molar refractivity (Wildman–Crippen MR) is 59.4 cm³/mol. The molecular formula is C10H14ClN3O. The molecule has 1 fully saturated rings. The lowest BCUT2D eigenvalue weighted by molar-refractivity contribution is 0.122. The summed E-state index contributed by atoms with van der Waals surface area (Å²) in [6.45, 7) is 5.32. The number of aromatic nitrogens is 2. The monoisotopic (exact) mass is 227 g/mol. The van der Waals surface area contributed by atoms with Crippen LogP contribution in [0, 0.1) is 6.92 Å². The summed E-state index contributed by atoms with van der Waals surface area (Å²) in [5.74, 6) is 1.43. The SMILES string of the molecule is Cc1c(CCl)ncnc1N1CCOCC1. The number of rotatable bonds is 2. The number of hydrogen-bond donors (Lipinski definition) is 0. The van der Waals surface area contributed by atoms with E-state index in [4.69, 9.17) is 16.3 Å². The van der Waals surface area contributed by atoms with Gasteiger partial charge in [-0.15, -0.1) is 11.6 Å². The molecule has 1 aliphatic heterocycles. The summed E-state index contributed by atoms with van der Waals surface area (Å²) in [5.41, 5.74) is 1.99. The maximum absolute atomic E-state index is 5.81. The molecular weight excluding hydrogens is 214 g/mol. The molecule has 0 bridgehead atoms. The van der Waals surface area contributed by atoms with E-state index in [0.717, 1.165) is 43.4 Å². The molecule has 0 spiro atoms. The van der Waals surface area contributed by atoms with Crippen LogP contribution in [0.25, 0.3) is 0 Å². The molecule has 82 valence electrons. The van der Waals surface area contributed by atoms with Crippen molar-refractivity contribution < 1.29 is 4.74 Å². The van der Waals surface area contributed by atoms with E-state index in [1.54, 1.807) is 6.33 Å². The van der Waals surface area contributed by atoms with Crippen molar-refractivity contribution in [1.29, 1.82) is 0 Å². The van der Waals surface area contributed by atoms with Crippen molar-refractivity contribution in [2.45, 2.75) is 12.8 Å². The van der Waals surface area contributed by atoms with Crippen molar-refractivity contribution in [3.05, 3.63) is 17.6 Å². The molecule has 5 heteroatoms. The van der Waals surface area contributed by atoms with Gasteiger partial charge in [0.25, 0.3) is 0 Å². The Kier molecular flexibility index (Phi) is 3.38. The number of halogens is 1. The van der Waals surface area contributed by atoms with Crippen LogP contribution in [0.4, 0.5) is 5.82 Å². The minimum atomic E-state index is 0.436. The third-order valence-electron chi connectivity index (χ3n) is 2.60. The van der Waals surface area contributed by atoms with E-state index in [-0.39, 0.29) is 0 Å². The van der Waals surface area contributed by atoms with Gasteiger partial charge in [0.2, 0.25) is 0 Å². The van der Waals surface area contributed by atoms with Gasteiger partial charge in [-0.3, -0.25) is 0 Å². The summed E-state index contributed by atoms with van der Waals surface area (Å²) in [4.78, 5) is 10.7. The average Bonchev–Trinajstić information content (AvgIpc) is 2.30. The van der Waals surface area contributed by atoms with E-state index in [0.29, 0.717) is 5.88 Å². The maximum atomic E-state index is 5.81. The lowest BCUT2D eigenvalue weighted by Crippen LogP contribution is -2.37. The Morgan fingerprint density at radius 1 is 1.40 bits per heavy atom. The third kappa shape index (κ3) is 2.21. The van der Waals surface area contributed by atoms with E-state index in [1.807, 2.05) is 6.92 Å². The molecule has 0 unspecified atom stereocenters. The molecule has 1 aliphatic rings. The normalized spacial score (nSPS) is 16.8. The Bertz CT molecular complexity index is 339. The van der Waals surface area contributed by atoms with Gasteiger partial charge in [0.15, 0.2) is 0 Å². The van der Waals surface area contributed by atoms with Gasteiger partial charge < -0.3 is 9.64 Å². The maximum Gasteiger partial charge on any atom is 0.135 e. The van der Waals surface area contributed by atoms with E-state index < -0.39 is 0 Å². The van der Waals surface area contributed by atoms with Crippen molar-refractivity contribution in [3.8, 4) is 0 Å². The first kappa shape index (κ1) is 10.6. The molecule has 0 aromatic carbocycles. The number of hydrogen-bond acceptors (Lipinski definition) is 4. The summed E-state index contributed by atoms with van der Waals surface area (Å²) < 4.78 is 5.31. The van der Waals surface area contributed by atoms with Crippen LogP contribution in [-0.4, -0.2) is 36.3 Å². The van der Waals surface area contributed by atoms with Crippen molar-refractivity contribution in [3.63, 3.8) is 0 Å². The van der Waals surface area contributed by atoms with Gasteiger partial charge in [-0.1, -0.05) is 0 Å². The Morgan fingerprint density at radius 3 is 2.80 bits per heavy atom. The lowest BCUT2D eigenvalue weighted by Gasteiger charge is -2.29. The number of morpholine rings is 1. The van der Waals surface area contributed by atoms with Crippen LogP contribution in [0.3, 0.4) is 0 Å². The summed E-state index contributed by atoms with van der Waals surface area (Å²) in [6.07, 6.45) is 1.58. The zero-order valence-corrected chi connectivity index (χ0v) is 9.50. The van der Waals surface area contributed by atoms with Crippen LogP contribution < -0.4 is 4.90 Å². The molecule has 2 rings (SSSR count). The highest BCUT2D eigenvalue weighted by atomic mass is 35.5. The first-order valence-electron chi connectivity index (χ1n) is 5.02. The minimum absolute atomic E-state index is 0.436. The molecule has 2 heterocycles. The van der Waals surface area contributed by atoms with Crippen LogP contribution in [0.5, 0.6) is 0 Å². The summed E-state index contributed by atoms with van der Waals surface area (Å²) in [6, 6.07) is 0. The molecule has 4 nitrogen and oxygen atoms in total. The molecule has 0 amide bonds. The fourth-order valence-corrected chi connectivity index (χ4v) is 1.97. The van der Waals surface area contributed by atoms with E-state index in [2.05, 4.69) is 14.9 Å². The van der Waals surface area contributed by atoms with Gasteiger partial charge in [0.05, 0.1) is 24.8 Å². The van der Waals surface area contributed by atoms with Gasteiger partial charge in [-0.05, 0) is 6.92 Å². The molecule has 0 radical (unpaired) electrons. The molecule has 1 aromatic rings. The average molecular weight is 228 g/mol. The van der Waals surface area contributed by atoms with Crippen molar-refractivity contribution >= 4 is 17.4 Å². The lowest BCUT2D eigenvalue weighted by atomic mass is 10.2. The molecule has 1 saturated heterocycles. The van der Waals surface area contributed by atoms with Crippen LogP contribution in [0.15, 0.2) is 6.33 Å². The molecule has 0 aliphatic carbocycles. The first-order chi connectivity index (χ1) is 7.33. The van der Waals surface area contributed by atoms with Crippen molar-refractivity contribution in [2.24, 2.45) is 0 Å². The number of alkyl halides is 1. The Morgan fingerprint density at radius 2 is 2.13 bits per heavy atom. The molecule has 0 N–H and O–H groups in total. The van der Waals surface area contributed by atoms with Crippen molar-refractivity contribution in [2.75, 3.05) is 31.2 Å². The fraction of sp³-hybridized carbons (Fsp3) is 0.600. The van der Waals surface area contributed by atoms with E-state index in [9.17, 15) is 0 Å². The zero-order chi connectivity index (χ0) is 10.7. The van der Waals surface area contributed by atoms with Crippen LogP contribution >= 0.6 is 11.6 Å². The predicted octanol–water partition coefficient (Wildman–Crippen LogP) is 1.36. The van der Waals surface area contributed by atoms with E-state index in [1.165, 1.54) is 0 Å². The second kappa shape index (κ2) is 4.77. The van der Waals surface area contributed by atoms with Gasteiger partial charge in [0, 0.05) is 18.7 Å². The second-order valence-electron chi connectivity index (χ2n) is 3.50. The Hall–Kier alpha value is -0.870. The van der Waals surface area contributed by atoms with Crippen LogP contribution in [0.1, 0.15) is 11.3 Å². The van der Waals surface area contributed by atoms with Crippen LogP contribution in [-0.2, 0) is 10.6 Å². The summed E-state index contributed by atoms with van der Waals surface area (Å²) >= 11 is 5.81. The highest BCUT2D eigenvalue weighted by molar-refractivity contribution is 6.17. The highest BCUT2D eigenvalue weighted by Crippen LogP contribution is 2.20. The summed E-state index contributed by atoms with van der Waals surface area (Å²) in [5, 5.41) is 0. The largest absolute Gasteiger partial charge is 0.378 e. The van der Waals surface area contributed by atoms with Gasteiger partial charge >= 0.3 is 0 Å². The van der Waals surface area contributed by atoms with Gasteiger partial charge in [-0.2, -0.15) is 0 Å². The van der Waals surface area contributed by atoms with Gasteiger partial charge in [0.1, 0.15) is 12.1 Å². The molecule has 0 atom stereocenters. The van der Waals surface area contributed by atoms with Crippen LogP contribution in [0.2, 0.25) is 0 Å². The highest BCUT2D eigenvalue weighted by Gasteiger charge is 2.16. The Balaban J connectivity index is 2.26. The number of ether oxygens (including phenoxy) is 1. The molecule has 0 saturated carbocycles. The zero-order valence-electron chi connectivity index (χ0n) is 8.74. The third-order valence-corrected chi connectivity index (χ3v) is 2.85. The van der Waals surface area contributed by atoms with Crippen molar-refractivity contribution in [1.82, 2.24) is 9.97 Å². The van der Waals surface area contributed by atoms with Gasteiger partial charge in [-0.25, -0.2) is 9.97 Å². The topological polar surface area (TPSA) is 38.2 Å². The first-order valence-corrected chi connectivity index (χ1v) is 5.55. The van der Waals surface area contributed by atoms with E-state index >= 15 is 0 Å². The second-order valence-corrected chi connectivity index (χ2v) is 3.77. The Labute approximate surface area is 94.2 Å². The molecule has 1 aromatic heterocycles. The summed E-state index contributed by atoms with van der Waals surface area (Å²) in [7, 11) is 0. The smallest absolute Gasteiger partial charge is 0.135 e. The fourth-order valence-electron chi connectivity index (χ4n) is 1.70. The minimum Gasteiger partial charge on any atom is -0.378 e.